The number of hydrogen-bond acceptors (Lipinski definition) is 3. The van der Waals surface area contributed by atoms with Gasteiger partial charge in [0.2, 0.25) is 10.0 Å². The molecule has 23 heavy (non-hydrogen) atoms. The first-order chi connectivity index (χ1) is 10.6. The van der Waals surface area contributed by atoms with E-state index >= 15 is 0 Å². The fourth-order valence-corrected chi connectivity index (χ4v) is 3.42. The van der Waals surface area contributed by atoms with E-state index in [9.17, 15) is 21.6 Å². The van der Waals surface area contributed by atoms with Gasteiger partial charge in [0.25, 0.3) is 0 Å². The highest BCUT2D eigenvalue weighted by molar-refractivity contribution is 7.89. The highest BCUT2D eigenvalue weighted by atomic mass is 32.2. The molecule has 0 atom stereocenters. The minimum Gasteiger partial charge on any atom is -0.272 e. The molecule has 2 aromatic rings. The van der Waals surface area contributed by atoms with Gasteiger partial charge in [-0.1, -0.05) is 0 Å². The number of halogens is 3. The van der Waals surface area contributed by atoms with Crippen LogP contribution in [0.5, 0.6) is 0 Å². The van der Waals surface area contributed by atoms with Crippen molar-refractivity contribution in [3.05, 3.63) is 46.5 Å². The maximum Gasteiger partial charge on any atom is 0.246 e. The predicted molar refractivity (Wildman–Crippen MR) is 77.7 cm³/mol. The standard InChI is InChI=1S/C14H16F3N3O2S/c1-8-10(9(2)20(4)18-8)7-19(3)23(21,22)14-6-12(16)11(15)5-13(14)17/h5-6H,7H2,1-4H3. The second kappa shape index (κ2) is 5.97. The Kier molecular flexibility index (Phi) is 4.54. The van der Waals surface area contributed by atoms with Crippen molar-refractivity contribution < 1.29 is 21.6 Å². The molecule has 0 saturated carbocycles. The molecular formula is C14H16F3N3O2S. The van der Waals surface area contributed by atoms with Crippen molar-refractivity contribution in [2.45, 2.75) is 25.3 Å². The number of aromatic nitrogens is 2. The fourth-order valence-electron chi connectivity index (χ4n) is 2.22. The molecule has 0 bridgehead atoms. The summed E-state index contributed by atoms with van der Waals surface area (Å²) < 4.78 is 67.3. The van der Waals surface area contributed by atoms with E-state index in [-0.39, 0.29) is 12.6 Å². The van der Waals surface area contributed by atoms with Crippen LogP contribution in [0, 0.1) is 31.3 Å². The molecule has 9 heteroatoms. The van der Waals surface area contributed by atoms with E-state index in [1.54, 1.807) is 25.6 Å². The predicted octanol–water partition coefficient (Wildman–Crippen LogP) is 2.27. The summed E-state index contributed by atoms with van der Waals surface area (Å²) in [5.74, 6) is -4.20. The summed E-state index contributed by atoms with van der Waals surface area (Å²) in [6, 6.07) is 0.566. The third kappa shape index (κ3) is 3.11. The lowest BCUT2D eigenvalue weighted by Gasteiger charge is -2.18. The van der Waals surface area contributed by atoms with Gasteiger partial charge in [0, 0.05) is 38.0 Å². The molecule has 0 fully saturated rings. The topological polar surface area (TPSA) is 55.2 Å². The normalized spacial score (nSPS) is 12.2. The first-order valence-electron chi connectivity index (χ1n) is 6.65. The minimum absolute atomic E-state index is 0.0632. The van der Waals surface area contributed by atoms with Crippen LogP contribution in [0.25, 0.3) is 0 Å². The van der Waals surface area contributed by atoms with Crippen LogP contribution in [-0.2, 0) is 23.6 Å². The molecule has 0 aliphatic heterocycles. The monoisotopic (exact) mass is 347 g/mol. The molecule has 0 aliphatic rings. The van der Waals surface area contributed by atoms with Crippen LogP contribution in [-0.4, -0.2) is 29.6 Å². The third-order valence-corrected chi connectivity index (χ3v) is 5.52. The minimum atomic E-state index is -4.32. The van der Waals surface area contributed by atoms with Crippen molar-refractivity contribution in [2.24, 2.45) is 7.05 Å². The lowest BCUT2D eigenvalue weighted by Crippen LogP contribution is -2.28. The van der Waals surface area contributed by atoms with E-state index in [1.807, 2.05) is 0 Å². The summed E-state index contributed by atoms with van der Waals surface area (Å²) in [6.07, 6.45) is 0. The zero-order valence-corrected chi connectivity index (χ0v) is 13.9. The Bertz CT molecular complexity index is 863. The highest BCUT2D eigenvalue weighted by Crippen LogP contribution is 2.24. The van der Waals surface area contributed by atoms with E-state index in [4.69, 9.17) is 0 Å². The highest BCUT2D eigenvalue weighted by Gasteiger charge is 2.28. The van der Waals surface area contributed by atoms with Crippen molar-refractivity contribution in [1.82, 2.24) is 14.1 Å². The number of aryl methyl sites for hydroxylation is 2. The first kappa shape index (κ1) is 17.5. The first-order valence-corrected chi connectivity index (χ1v) is 8.09. The Morgan fingerprint density at radius 3 is 2.22 bits per heavy atom. The van der Waals surface area contributed by atoms with Crippen LogP contribution in [0.1, 0.15) is 17.0 Å². The molecule has 1 heterocycles. The van der Waals surface area contributed by atoms with Gasteiger partial charge in [-0.25, -0.2) is 21.6 Å². The van der Waals surface area contributed by atoms with Gasteiger partial charge in [0.1, 0.15) is 10.7 Å². The molecule has 0 amide bonds. The Hall–Kier alpha value is -1.87. The van der Waals surface area contributed by atoms with Crippen molar-refractivity contribution in [2.75, 3.05) is 7.05 Å². The van der Waals surface area contributed by atoms with E-state index in [0.29, 0.717) is 17.3 Å². The Balaban J connectivity index is 2.42. The molecule has 0 aliphatic carbocycles. The van der Waals surface area contributed by atoms with Crippen molar-refractivity contribution in [3.63, 3.8) is 0 Å². The molecular weight excluding hydrogens is 331 g/mol. The fraction of sp³-hybridized carbons (Fsp3) is 0.357. The summed E-state index contributed by atoms with van der Waals surface area (Å²) in [4.78, 5) is -0.905. The van der Waals surface area contributed by atoms with E-state index in [2.05, 4.69) is 5.10 Å². The van der Waals surface area contributed by atoms with Crippen LogP contribution in [0.15, 0.2) is 17.0 Å². The van der Waals surface area contributed by atoms with E-state index in [1.165, 1.54) is 7.05 Å². The van der Waals surface area contributed by atoms with E-state index in [0.717, 1.165) is 10.00 Å². The number of nitrogens with zero attached hydrogens (tertiary/aromatic N) is 3. The maximum atomic E-state index is 13.8. The molecule has 1 aromatic heterocycles. The van der Waals surface area contributed by atoms with Gasteiger partial charge in [-0.15, -0.1) is 0 Å². The van der Waals surface area contributed by atoms with Gasteiger partial charge in [-0.2, -0.15) is 9.40 Å². The number of benzene rings is 1. The van der Waals surface area contributed by atoms with Gasteiger partial charge in [0.05, 0.1) is 5.69 Å². The summed E-state index contributed by atoms with van der Waals surface area (Å²) in [6.45, 7) is 3.43. The molecule has 0 saturated heterocycles. The molecule has 0 N–H and O–H groups in total. The smallest absolute Gasteiger partial charge is 0.246 e. The number of hydrogen-bond donors (Lipinski definition) is 0. The largest absolute Gasteiger partial charge is 0.272 e. The van der Waals surface area contributed by atoms with Crippen molar-refractivity contribution >= 4 is 10.0 Å². The lowest BCUT2D eigenvalue weighted by atomic mass is 10.2. The second-order valence-electron chi connectivity index (χ2n) is 5.23. The summed E-state index contributed by atoms with van der Waals surface area (Å²) in [5.41, 5.74) is 2.06. The van der Waals surface area contributed by atoms with Crippen LogP contribution in [0.3, 0.4) is 0 Å². The molecule has 0 spiro atoms. The average Bonchev–Trinajstić information content (AvgIpc) is 2.69. The molecule has 5 nitrogen and oxygen atoms in total. The molecule has 1 aromatic carbocycles. The Morgan fingerprint density at radius 1 is 1.13 bits per heavy atom. The van der Waals surface area contributed by atoms with Crippen molar-refractivity contribution in [1.29, 1.82) is 0 Å². The molecule has 2 rings (SSSR count). The SMILES string of the molecule is Cc1nn(C)c(C)c1CN(C)S(=O)(=O)c1cc(F)c(F)cc1F. The zero-order valence-electron chi connectivity index (χ0n) is 13.1. The van der Waals surface area contributed by atoms with Gasteiger partial charge in [0.15, 0.2) is 11.6 Å². The summed E-state index contributed by atoms with van der Waals surface area (Å²) in [5, 5.41) is 4.17. The van der Waals surface area contributed by atoms with Crippen LogP contribution >= 0.6 is 0 Å². The van der Waals surface area contributed by atoms with Crippen LogP contribution in [0.2, 0.25) is 0 Å². The van der Waals surface area contributed by atoms with Crippen LogP contribution < -0.4 is 0 Å². The van der Waals surface area contributed by atoms with Gasteiger partial charge in [-0.3, -0.25) is 4.68 Å². The summed E-state index contributed by atoms with van der Waals surface area (Å²) >= 11 is 0. The number of sulfonamides is 1. The van der Waals surface area contributed by atoms with Gasteiger partial charge >= 0.3 is 0 Å². The van der Waals surface area contributed by atoms with E-state index < -0.39 is 32.4 Å². The van der Waals surface area contributed by atoms with Crippen LogP contribution in [0.4, 0.5) is 13.2 Å². The quantitative estimate of drug-likeness (QED) is 0.798. The zero-order chi connectivity index (χ0) is 17.5. The second-order valence-corrected chi connectivity index (χ2v) is 7.24. The lowest BCUT2D eigenvalue weighted by molar-refractivity contribution is 0.449. The summed E-state index contributed by atoms with van der Waals surface area (Å²) in [7, 11) is -1.36. The van der Waals surface area contributed by atoms with Crippen molar-refractivity contribution in [3.8, 4) is 0 Å². The van der Waals surface area contributed by atoms with Gasteiger partial charge < -0.3 is 0 Å². The Morgan fingerprint density at radius 2 is 1.70 bits per heavy atom. The average molecular weight is 347 g/mol. The maximum absolute atomic E-state index is 13.8. The molecule has 126 valence electrons. The number of rotatable bonds is 4. The molecule has 0 unspecified atom stereocenters. The Labute approximate surface area is 132 Å². The third-order valence-electron chi connectivity index (χ3n) is 3.70. The molecule has 0 radical (unpaired) electrons. The van der Waals surface area contributed by atoms with Gasteiger partial charge in [-0.05, 0) is 19.9 Å².